The summed E-state index contributed by atoms with van der Waals surface area (Å²) < 4.78 is 0. The van der Waals surface area contributed by atoms with Gasteiger partial charge < -0.3 is 4.90 Å². The molecule has 2 aliphatic rings. The summed E-state index contributed by atoms with van der Waals surface area (Å²) in [6.07, 6.45) is 2.97. The maximum absolute atomic E-state index is 14.4. The van der Waals surface area contributed by atoms with Gasteiger partial charge in [0.1, 0.15) is 0 Å². The molecule has 9 heteroatoms. The number of benzene rings is 2. The average molecular weight is 493 g/mol. The van der Waals surface area contributed by atoms with Gasteiger partial charge >= 0.3 is 6.03 Å². The molecule has 4 amide bonds. The van der Waals surface area contributed by atoms with Crippen LogP contribution >= 0.6 is 0 Å². The number of nitrogens with one attached hydrogen (secondary N) is 1. The molecule has 0 aromatic heterocycles. The van der Waals surface area contributed by atoms with Gasteiger partial charge in [-0.2, -0.15) is 0 Å². The standard InChI is InChI=1S/C27H32N4O5/c1-5-7-14-29-22-13-12-20(31(35)36)15-19(22)16-27(23(29)9-6-2)24(32)28-26(34)30(25(27)33)21-11-8-10-17(3)18(21)4/h8,10-13,15,23H,5-7,9,14,16H2,1-4H3,(H,28,32,34)/t23-,27-/m0/s1. The van der Waals surface area contributed by atoms with Crippen LogP contribution in [0.1, 0.15) is 56.2 Å². The predicted molar refractivity (Wildman–Crippen MR) is 137 cm³/mol. The molecule has 2 heterocycles. The van der Waals surface area contributed by atoms with Crippen molar-refractivity contribution in [1.82, 2.24) is 5.32 Å². The monoisotopic (exact) mass is 492 g/mol. The van der Waals surface area contributed by atoms with Crippen molar-refractivity contribution in [2.24, 2.45) is 5.41 Å². The summed E-state index contributed by atoms with van der Waals surface area (Å²) in [6.45, 7) is 8.38. The molecular weight excluding hydrogens is 460 g/mol. The number of nitro benzene ring substituents is 1. The van der Waals surface area contributed by atoms with Crippen LogP contribution in [0.5, 0.6) is 0 Å². The van der Waals surface area contributed by atoms with Gasteiger partial charge in [-0.05, 0) is 55.5 Å². The molecule has 9 nitrogen and oxygen atoms in total. The first kappa shape index (κ1) is 25.3. The van der Waals surface area contributed by atoms with Crippen LogP contribution in [0.4, 0.5) is 21.9 Å². The second-order valence-corrected chi connectivity index (χ2v) is 9.69. The van der Waals surface area contributed by atoms with E-state index in [0.717, 1.165) is 41.0 Å². The van der Waals surface area contributed by atoms with Crippen molar-refractivity contribution in [3.63, 3.8) is 0 Å². The zero-order chi connectivity index (χ0) is 26.2. The first-order valence-electron chi connectivity index (χ1n) is 12.5. The number of fused-ring (bicyclic) bond motifs is 1. The summed E-state index contributed by atoms with van der Waals surface area (Å²) in [5.41, 5.74) is 1.78. The zero-order valence-corrected chi connectivity index (χ0v) is 21.2. The molecule has 2 aliphatic heterocycles. The number of anilines is 2. The highest BCUT2D eigenvalue weighted by molar-refractivity contribution is 6.31. The van der Waals surface area contributed by atoms with Gasteiger partial charge in [0.15, 0.2) is 5.41 Å². The van der Waals surface area contributed by atoms with E-state index in [-0.39, 0.29) is 12.1 Å². The van der Waals surface area contributed by atoms with Crippen LogP contribution in [0.15, 0.2) is 36.4 Å². The highest BCUT2D eigenvalue weighted by Gasteiger charge is 2.62. The van der Waals surface area contributed by atoms with Crippen LogP contribution in [0, 0.1) is 29.4 Å². The maximum atomic E-state index is 14.4. The highest BCUT2D eigenvalue weighted by Crippen LogP contribution is 2.47. The van der Waals surface area contributed by atoms with Gasteiger partial charge in [0, 0.05) is 30.8 Å². The lowest BCUT2D eigenvalue weighted by Crippen LogP contribution is -2.72. The van der Waals surface area contributed by atoms with E-state index in [2.05, 4.69) is 17.1 Å². The largest absolute Gasteiger partial charge is 0.367 e. The number of rotatable bonds is 7. The van der Waals surface area contributed by atoms with Crippen LogP contribution in [-0.4, -0.2) is 35.4 Å². The Labute approximate surface area is 210 Å². The molecule has 0 aliphatic carbocycles. The van der Waals surface area contributed by atoms with Crippen molar-refractivity contribution in [3.8, 4) is 0 Å². The van der Waals surface area contributed by atoms with Gasteiger partial charge in [-0.3, -0.25) is 25.0 Å². The Morgan fingerprint density at radius 3 is 2.50 bits per heavy atom. The van der Waals surface area contributed by atoms with Crippen molar-refractivity contribution in [2.45, 2.75) is 65.8 Å². The molecule has 0 bridgehead atoms. The molecular formula is C27H32N4O5. The van der Waals surface area contributed by atoms with E-state index in [1.54, 1.807) is 18.2 Å². The summed E-state index contributed by atoms with van der Waals surface area (Å²) in [7, 11) is 0. The zero-order valence-electron chi connectivity index (χ0n) is 21.2. The fourth-order valence-electron chi connectivity index (χ4n) is 5.54. The van der Waals surface area contributed by atoms with Crippen LogP contribution < -0.4 is 15.1 Å². The number of carbonyl (C=O) groups excluding carboxylic acids is 3. The van der Waals surface area contributed by atoms with Crippen molar-refractivity contribution in [3.05, 3.63) is 63.2 Å². The molecule has 190 valence electrons. The van der Waals surface area contributed by atoms with E-state index < -0.39 is 34.2 Å². The number of amides is 4. The van der Waals surface area contributed by atoms with Crippen molar-refractivity contribution in [2.75, 3.05) is 16.3 Å². The minimum absolute atomic E-state index is 0.0172. The van der Waals surface area contributed by atoms with Crippen molar-refractivity contribution >= 4 is 34.9 Å². The third kappa shape index (κ3) is 3.92. The summed E-state index contributed by atoms with van der Waals surface area (Å²) >= 11 is 0. The number of carbonyl (C=O) groups is 3. The second kappa shape index (κ2) is 9.72. The van der Waals surface area contributed by atoms with Gasteiger partial charge in [-0.15, -0.1) is 0 Å². The van der Waals surface area contributed by atoms with Gasteiger partial charge in [0.05, 0.1) is 16.7 Å². The van der Waals surface area contributed by atoms with Crippen LogP contribution in [0.25, 0.3) is 0 Å². The van der Waals surface area contributed by atoms with Crippen molar-refractivity contribution < 1.29 is 19.3 Å². The third-order valence-electron chi connectivity index (χ3n) is 7.54. The lowest BCUT2D eigenvalue weighted by Gasteiger charge is -2.52. The van der Waals surface area contributed by atoms with E-state index in [4.69, 9.17) is 0 Å². The molecule has 0 radical (unpaired) electrons. The summed E-state index contributed by atoms with van der Waals surface area (Å²) in [5, 5.41) is 14.0. The number of aryl methyl sites for hydroxylation is 1. The first-order valence-corrected chi connectivity index (χ1v) is 12.5. The Bertz CT molecular complexity index is 1240. The van der Waals surface area contributed by atoms with E-state index in [1.165, 1.54) is 12.1 Å². The average Bonchev–Trinajstić information content (AvgIpc) is 2.84. The van der Waals surface area contributed by atoms with Crippen molar-refractivity contribution in [1.29, 1.82) is 0 Å². The van der Waals surface area contributed by atoms with Crippen LogP contribution in [0.3, 0.4) is 0 Å². The highest BCUT2D eigenvalue weighted by atomic mass is 16.6. The SMILES string of the molecule is CCCCN1c2ccc([N+](=O)[O-])cc2C[C@@]2(C(=O)NC(=O)N(c3cccc(C)c3C)C2=O)[C@@H]1CCC. The molecule has 1 spiro atoms. The predicted octanol–water partition coefficient (Wildman–Crippen LogP) is 4.81. The number of nitro groups is 1. The second-order valence-electron chi connectivity index (χ2n) is 9.69. The quantitative estimate of drug-likeness (QED) is 0.337. The normalized spacial score (nSPS) is 21.6. The molecule has 0 unspecified atom stereocenters. The summed E-state index contributed by atoms with van der Waals surface area (Å²) in [6, 6.07) is 8.74. The lowest BCUT2D eigenvalue weighted by atomic mass is 9.67. The Morgan fingerprint density at radius 2 is 1.83 bits per heavy atom. The molecule has 1 N–H and O–H groups in total. The number of nitrogens with zero attached hydrogens (tertiary/aromatic N) is 3. The Hall–Kier alpha value is -3.75. The molecule has 36 heavy (non-hydrogen) atoms. The fraction of sp³-hybridized carbons (Fsp3) is 0.444. The third-order valence-corrected chi connectivity index (χ3v) is 7.54. The number of hydrogen-bond donors (Lipinski definition) is 1. The molecule has 0 saturated carbocycles. The Kier molecular flexibility index (Phi) is 6.84. The molecule has 2 aromatic rings. The maximum Gasteiger partial charge on any atom is 0.335 e. The van der Waals surface area contributed by atoms with Gasteiger partial charge in [-0.25, -0.2) is 9.69 Å². The smallest absolute Gasteiger partial charge is 0.335 e. The number of imide groups is 2. The molecule has 4 rings (SSSR count). The first-order chi connectivity index (χ1) is 17.2. The fourth-order valence-corrected chi connectivity index (χ4v) is 5.54. The summed E-state index contributed by atoms with van der Waals surface area (Å²) in [4.78, 5) is 55.4. The molecule has 1 fully saturated rings. The van der Waals surface area contributed by atoms with Gasteiger partial charge in [-0.1, -0.05) is 38.8 Å². The summed E-state index contributed by atoms with van der Waals surface area (Å²) in [5.74, 6) is -1.22. The number of barbiturate groups is 1. The lowest BCUT2D eigenvalue weighted by molar-refractivity contribution is -0.384. The number of unbranched alkanes of at least 4 members (excludes halogenated alkanes) is 1. The van der Waals surface area contributed by atoms with Gasteiger partial charge in [0.25, 0.3) is 11.6 Å². The van der Waals surface area contributed by atoms with Gasteiger partial charge in [0.2, 0.25) is 5.91 Å². The Balaban J connectivity index is 1.94. The number of non-ortho nitro benzene ring substituents is 1. The minimum Gasteiger partial charge on any atom is -0.367 e. The van der Waals surface area contributed by atoms with E-state index >= 15 is 0 Å². The van der Waals surface area contributed by atoms with Crippen LogP contribution in [-0.2, 0) is 16.0 Å². The minimum atomic E-state index is -1.60. The number of urea groups is 1. The molecule has 2 aromatic carbocycles. The molecule has 2 atom stereocenters. The number of hydrogen-bond acceptors (Lipinski definition) is 6. The molecule has 1 saturated heterocycles. The van der Waals surface area contributed by atoms with E-state index in [1.807, 2.05) is 26.8 Å². The van der Waals surface area contributed by atoms with E-state index in [0.29, 0.717) is 24.2 Å². The topological polar surface area (TPSA) is 113 Å². The van der Waals surface area contributed by atoms with E-state index in [9.17, 15) is 24.5 Å². The Morgan fingerprint density at radius 1 is 1.08 bits per heavy atom. The van der Waals surface area contributed by atoms with Crippen LogP contribution in [0.2, 0.25) is 0 Å².